The van der Waals surface area contributed by atoms with Crippen LogP contribution < -0.4 is 24.8 Å². The molecule has 48 heavy (non-hydrogen) atoms. The van der Waals surface area contributed by atoms with E-state index in [2.05, 4.69) is 103 Å². The van der Waals surface area contributed by atoms with Gasteiger partial charge in [-0.1, -0.05) is 125 Å². The van der Waals surface area contributed by atoms with Crippen molar-refractivity contribution in [3.63, 3.8) is 0 Å². The third-order valence-electron chi connectivity index (χ3n) is 8.46. The van der Waals surface area contributed by atoms with Gasteiger partial charge in [-0.25, -0.2) is 0 Å². The van der Waals surface area contributed by atoms with E-state index in [1.807, 2.05) is 36.4 Å². The number of benzene rings is 4. The summed E-state index contributed by atoms with van der Waals surface area (Å²) in [6, 6.07) is 29.5. The molecule has 6 rings (SSSR count). The van der Waals surface area contributed by atoms with Gasteiger partial charge in [0.2, 0.25) is 0 Å². The van der Waals surface area contributed by atoms with Gasteiger partial charge in [0, 0.05) is 0 Å². The van der Waals surface area contributed by atoms with Crippen molar-refractivity contribution < 1.29 is 48.1 Å². The van der Waals surface area contributed by atoms with Crippen LogP contribution in [0, 0.1) is 41.5 Å². The Hall–Kier alpha value is -1.06. The predicted molar refractivity (Wildman–Crippen MR) is 205 cm³/mol. The number of halogens is 6. The fourth-order valence-electron chi connectivity index (χ4n) is 6.09. The molecule has 0 amide bonds. The number of alkyl halides is 4. The minimum Gasteiger partial charge on any atom is -1.00 e. The molecule has 0 aromatic heterocycles. The number of hydrogen-bond donors (Lipinski definition) is 0. The van der Waals surface area contributed by atoms with Crippen molar-refractivity contribution in [3.8, 4) is 22.3 Å². The maximum Gasteiger partial charge on any atom is 0.131 e. The van der Waals surface area contributed by atoms with E-state index in [0.717, 1.165) is 33.4 Å². The maximum atomic E-state index is 6.26. The summed E-state index contributed by atoms with van der Waals surface area (Å²) in [5, 5.41) is 5.14. The zero-order valence-electron chi connectivity index (χ0n) is 28.5. The number of fused-ring (bicyclic) bond motifs is 2. The van der Waals surface area contributed by atoms with Crippen molar-refractivity contribution in [2.24, 2.45) is 0 Å². The van der Waals surface area contributed by atoms with Gasteiger partial charge in [-0.05, 0) is 22.3 Å². The Labute approximate surface area is 334 Å². The molecule has 0 spiro atoms. The van der Waals surface area contributed by atoms with Crippen LogP contribution >= 0.6 is 46.4 Å². The first-order valence-electron chi connectivity index (χ1n) is 15.3. The summed E-state index contributed by atoms with van der Waals surface area (Å²) >= 11 is 26.8. The maximum absolute atomic E-state index is 6.26. The topological polar surface area (TPSA) is 0 Å². The summed E-state index contributed by atoms with van der Waals surface area (Å²) in [5.41, 5.74) is 14.5. The SMILES string of the molecule is C[Si](C)=[Zr+2].Cc1[cH-]c2c(C)cc(C(Cl)Cl)c(-c3ccccc3)c2c1C.Cc1[cH-]c2c(C)cc(C(Cl)Cl)c(-c3ccccc3)c2c1C.[Cl-].[Cl-]. The van der Waals surface area contributed by atoms with Crippen LogP contribution in [0.15, 0.2) is 84.9 Å². The summed E-state index contributed by atoms with van der Waals surface area (Å²) in [7, 11) is 0. The van der Waals surface area contributed by atoms with Crippen molar-refractivity contribution in [2.45, 2.75) is 64.3 Å². The summed E-state index contributed by atoms with van der Waals surface area (Å²) in [6.07, 6.45) is 0. The average Bonchev–Trinajstić information content (AvgIpc) is 3.49. The third-order valence-corrected chi connectivity index (χ3v) is 9.40. The molecule has 0 fully saturated rings. The van der Waals surface area contributed by atoms with E-state index in [9.17, 15) is 0 Å². The first-order valence-corrected chi connectivity index (χ1v) is 23.3. The zero-order valence-corrected chi connectivity index (χ0v) is 36.5. The molecule has 0 unspecified atom stereocenters. The van der Waals surface area contributed by atoms with Gasteiger partial charge in [0.15, 0.2) is 0 Å². The zero-order chi connectivity index (χ0) is 33.9. The Bertz CT molecular complexity index is 1850. The molecule has 0 aliphatic carbocycles. The van der Waals surface area contributed by atoms with E-state index < -0.39 is 9.67 Å². The summed E-state index contributed by atoms with van der Waals surface area (Å²) in [6.45, 7) is 17.5. The van der Waals surface area contributed by atoms with Crippen LogP contribution in [-0.2, 0) is 23.3 Å². The second kappa shape index (κ2) is 19.0. The molecule has 8 heteroatoms. The molecule has 0 N–H and O–H groups in total. The molecule has 0 aliphatic rings. The molecular weight excluding hydrogens is 812 g/mol. The Morgan fingerprint density at radius 3 is 1.12 bits per heavy atom. The standard InChI is InChI=1S/2C19H17Cl2.C2H6Si.2ClH.Zr/c2*1-11-9-15-12(2)10-16(19(20)21)18(17(15)13(11)3)14-7-5-4-6-8-14;1-3-2;;;/h2*4-10,19H,1-3H3;1-2H3;2*1H;/q2*-1;;;;+2/p-2. The van der Waals surface area contributed by atoms with Crippen molar-refractivity contribution in [1.82, 2.24) is 0 Å². The van der Waals surface area contributed by atoms with Crippen LogP contribution in [0.2, 0.25) is 13.1 Å². The summed E-state index contributed by atoms with van der Waals surface area (Å²) < 4.78 is 0. The normalized spacial score (nSPS) is 10.7. The van der Waals surface area contributed by atoms with E-state index in [1.165, 1.54) is 54.9 Å². The van der Waals surface area contributed by atoms with Crippen LogP contribution in [0.4, 0.5) is 0 Å². The van der Waals surface area contributed by atoms with E-state index in [-0.39, 0.29) is 30.2 Å². The molecule has 6 aromatic carbocycles. The quantitative estimate of drug-likeness (QED) is 0.0958. The average molecular weight is 853 g/mol. The Kier molecular flexibility index (Phi) is 17.0. The van der Waals surface area contributed by atoms with Crippen LogP contribution in [0.5, 0.6) is 0 Å². The van der Waals surface area contributed by atoms with Gasteiger partial charge in [-0.15, -0.1) is 102 Å². The Balaban J connectivity index is 0.000000289. The molecule has 0 atom stereocenters. The molecular formula is C40H40Cl6SiZr-2. The van der Waals surface area contributed by atoms with E-state index in [4.69, 9.17) is 46.4 Å². The van der Waals surface area contributed by atoms with Crippen molar-refractivity contribution in [1.29, 1.82) is 0 Å². The van der Waals surface area contributed by atoms with Crippen LogP contribution in [0.1, 0.15) is 54.2 Å². The summed E-state index contributed by atoms with van der Waals surface area (Å²) in [4.78, 5) is -1.06. The fourth-order valence-corrected chi connectivity index (χ4v) is 6.78. The molecule has 0 saturated heterocycles. The molecule has 0 saturated carbocycles. The molecule has 252 valence electrons. The number of hydrogen-bond acceptors (Lipinski definition) is 0. The first kappa shape index (κ1) is 43.1. The molecule has 0 heterocycles. The van der Waals surface area contributed by atoms with E-state index in [0.29, 0.717) is 0 Å². The van der Waals surface area contributed by atoms with Gasteiger partial charge in [-0.3, -0.25) is 0 Å². The number of rotatable bonds is 4. The van der Waals surface area contributed by atoms with Gasteiger partial charge in [-0.2, -0.15) is 11.1 Å². The van der Waals surface area contributed by atoms with Gasteiger partial charge < -0.3 is 24.8 Å². The van der Waals surface area contributed by atoms with E-state index >= 15 is 0 Å². The first-order chi connectivity index (χ1) is 21.7. The minimum absolute atomic E-state index is 0. The monoisotopic (exact) mass is 848 g/mol. The molecule has 6 aromatic rings. The minimum atomic E-state index is -0.530. The van der Waals surface area contributed by atoms with Crippen LogP contribution in [0.3, 0.4) is 0 Å². The second-order valence-corrected chi connectivity index (χ2v) is 23.7. The largest absolute Gasteiger partial charge is 1.00 e. The van der Waals surface area contributed by atoms with E-state index in [1.54, 1.807) is 23.3 Å². The van der Waals surface area contributed by atoms with Gasteiger partial charge >= 0.3 is 41.9 Å². The van der Waals surface area contributed by atoms with Gasteiger partial charge in [0.25, 0.3) is 0 Å². The number of aryl methyl sites for hydroxylation is 6. The third kappa shape index (κ3) is 9.63. The smallest absolute Gasteiger partial charge is 0.131 e. The Morgan fingerprint density at radius 2 is 0.854 bits per heavy atom. The fraction of sp³-hybridized carbons (Fsp3) is 0.250. The Morgan fingerprint density at radius 1 is 0.562 bits per heavy atom. The van der Waals surface area contributed by atoms with Gasteiger partial charge in [0.05, 0.1) is 0 Å². The molecule has 0 aliphatic heterocycles. The van der Waals surface area contributed by atoms with Gasteiger partial charge in [0.1, 0.15) is 9.67 Å². The molecule has 0 radical (unpaired) electrons. The van der Waals surface area contributed by atoms with Crippen LogP contribution in [0.25, 0.3) is 43.8 Å². The van der Waals surface area contributed by atoms with Crippen molar-refractivity contribution >= 4 is 73.4 Å². The predicted octanol–water partition coefficient (Wildman–Crippen LogP) is 8.05. The second-order valence-electron chi connectivity index (χ2n) is 12.1. The molecule has 0 nitrogen and oxygen atoms in total. The summed E-state index contributed by atoms with van der Waals surface area (Å²) in [5.74, 6) is 0. The van der Waals surface area contributed by atoms with Crippen molar-refractivity contribution in [3.05, 3.63) is 129 Å². The van der Waals surface area contributed by atoms with Crippen LogP contribution in [-0.4, -0.2) is 5.43 Å². The van der Waals surface area contributed by atoms with Crippen molar-refractivity contribution in [2.75, 3.05) is 0 Å². The molecule has 0 bridgehead atoms.